The molecule has 1 heterocycles. The lowest BCUT2D eigenvalue weighted by Crippen LogP contribution is -2.16. The van der Waals surface area contributed by atoms with E-state index in [4.69, 9.17) is 0 Å². The first kappa shape index (κ1) is 6.81. The number of hydrogen-bond acceptors (Lipinski definition) is 2. The van der Waals surface area contributed by atoms with Crippen molar-refractivity contribution in [3.05, 3.63) is 0 Å². The van der Waals surface area contributed by atoms with Crippen molar-refractivity contribution in [3.8, 4) is 0 Å². The minimum absolute atomic E-state index is 0.929. The van der Waals surface area contributed by atoms with Crippen molar-refractivity contribution < 1.29 is 0 Å². The standard InChI is InChI=1S/C6H12S2/c1-3-5(2)6-7-4-8-6/h5-6H,3-4H2,1-2H3. The van der Waals surface area contributed by atoms with Gasteiger partial charge in [0.05, 0.1) is 4.58 Å². The summed E-state index contributed by atoms with van der Waals surface area (Å²) < 4.78 is 0.931. The van der Waals surface area contributed by atoms with E-state index in [-0.39, 0.29) is 0 Å². The lowest BCUT2D eigenvalue weighted by atomic mass is 10.2. The summed E-state index contributed by atoms with van der Waals surface area (Å²) in [6, 6.07) is 0. The van der Waals surface area contributed by atoms with Crippen LogP contribution in [0.1, 0.15) is 20.3 Å². The number of hydrogen-bond donors (Lipinski definition) is 0. The van der Waals surface area contributed by atoms with Gasteiger partial charge in [0, 0.05) is 5.08 Å². The largest absolute Gasteiger partial charge is 0.136 e. The molecule has 1 saturated heterocycles. The molecule has 1 rings (SSSR count). The van der Waals surface area contributed by atoms with E-state index in [0.29, 0.717) is 0 Å². The first-order chi connectivity index (χ1) is 3.84. The van der Waals surface area contributed by atoms with E-state index in [9.17, 15) is 0 Å². The molecule has 0 amide bonds. The molecule has 8 heavy (non-hydrogen) atoms. The second-order valence-corrected chi connectivity index (χ2v) is 5.13. The molecule has 1 aliphatic rings. The highest BCUT2D eigenvalue weighted by atomic mass is 32.3. The van der Waals surface area contributed by atoms with Crippen LogP contribution < -0.4 is 0 Å². The third-order valence-corrected chi connectivity index (χ3v) is 5.06. The zero-order chi connectivity index (χ0) is 5.98. The van der Waals surface area contributed by atoms with Crippen LogP contribution in [0.25, 0.3) is 0 Å². The summed E-state index contributed by atoms with van der Waals surface area (Å²) in [4.78, 5) is 0. The Morgan fingerprint density at radius 2 is 2.25 bits per heavy atom. The van der Waals surface area contributed by atoms with Crippen molar-refractivity contribution >= 4 is 23.5 Å². The molecule has 1 atom stereocenters. The SMILES string of the molecule is CCC(C)C1SCS1. The van der Waals surface area contributed by atoms with Gasteiger partial charge in [0.15, 0.2) is 0 Å². The number of rotatable bonds is 2. The first-order valence-electron chi connectivity index (χ1n) is 3.07. The van der Waals surface area contributed by atoms with Crippen molar-refractivity contribution in [1.82, 2.24) is 0 Å². The van der Waals surface area contributed by atoms with E-state index >= 15 is 0 Å². The summed E-state index contributed by atoms with van der Waals surface area (Å²) in [6.07, 6.45) is 1.34. The van der Waals surface area contributed by atoms with Crippen molar-refractivity contribution in [2.45, 2.75) is 24.9 Å². The number of thioether (sulfide) groups is 2. The van der Waals surface area contributed by atoms with Crippen LogP contribution in [0.15, 0.2) is 0 Å². The second kappa shape index (κ2) is 3.02. The summed E-state index contributed by atoms with van der Waals surface area (Å²) in [7, 11) is 0. The van der Waals surface area contributed by atoms with Gasteiger partial charge in [-0.15, -0.1) is 23.5 Å². The maximum Gasteiger partial charge on any atom is 0.0544 e. The summed E-state index contributed by atoms with van der Waals surface area (Å²) in [5.41, 5.74) is 0. The normalized spacial score (nSPS) is 24.8. The molecule has 48 valence electrons. The fourth-order valence-electron chi connectivity index (χ4n) is 0.668. The molecule has 0 aromatic carbocycles. The first-order valence-corrected chi connectivity index (χ1v) is 5.17. The fourth-order valence-corrected chi connectivity index (χ4v) is 2.88. The van der Waals surface area contributed by atoms with E-state index < -0.39 is 0 Å². The van der Waals surface area contributed by atoms with E-state index in [1.165, 1.54) is 11.5 Å². The molecule has 0 aromatic rings. The Morgan fingerprint density at radius 3 is 2.38 bits per heavy atom. The molecular formula is C6H12S2. The molecule has 0 bridgehead atoms. The zero-order valence-electron chi connectivity index (χ0n) is 5.39. The van der Waals surface area contributed by atoms with Gasteiger partial charge in [-0.3, -0.25) is 0 Å². The molecule has 0 N–H and O–H groups in total. The third-order valence-electron chi connectivity index (χ3n) is 1.57. The average molecular weight is 148 g/mol. The Labute approximate surface area is 59.8 Å². The molecule has 1 unspecified atom stereocenters. The van der Waals surface area contributed by atoms with Gasteiger partial charge in [-0.1, -0.05) is 20.3 Å². The third kappa shape index (κ3) is 1.35. The minimum Gasteiger partial charge on any atom is -0.136 e. The van der Waals surface area contributed by atoms with Crippen LogP contribution in [0.5, 0.6) is 0 Å². The predicted octanol–water partition coefficient (Wildman–Crippen LogP) is 2.80. The van der Waals surface area contributed by atoms with Gasteiger partial charge in [0.25, 0.3) is 0 Å². The Kier molecular flexibility index (Phi) is 2.57. The Balaban J connectivity index is 2.13. The molecule has 0 aromatic heterocycles. The Morgan fingerprint density at radius 1 is 1.62 bits per heavy atom. The average Bonchev–Trinajstić information content (AvgIpc) is 1.62. The van der Waals surface area contributed by atoms with Crippen molar-refractivity contribution in [2.24, 2.45) is 5.92 Å². The Hall–Kier alpha value is 0.700. The molecule has 0 saturated carbocycles. The molecule has 1 fully saturated rings. The molecule has 0 spiro atoms. The Bertz CT molecular complexity index is 66.2. The van der Waals surface area contributed by atoms with Crippen LogP contribution in [0.4, 0.5) is 0 Å². The molecule has 0 nitrogen and oxygen atoms in total. The van der Waals surface area contributed by atoms with Crippen LogP contribution in [-0.2, 0) is 0 Å². The topological polar surface area (TPSA) is 0 Å². The summed E-state index contributed by atoms with van der Waals surface area (Å²) in [5, 5.41) is 1.33. The quantitative estimate of drug-likeness (QED) is 0.590. The highest BCUT2D eigenvalue weighted by Crippen LogP contribution is 2.44. The summed E-state index contributed by atoms with van der Waals surface area (Å²) in [6.45, 7) is 4.61. The van der Waals surface area contributed by atoms with E-state index in [2.05, 4.69) is 37.4 Å². The monoisotopic (exact) mass is 148 g/mol. The van der Waals surface area contributed by atoms with Gasteiger partial charge >= 0.3 is 0 Å². The van der Waals surface area contributed by atoms with Gasteiger partial charge < -0.3 is 0 Å². The molecule has 2 heteroatoms. The van der Waals surface area contributed by atoms with Gasteiger partial charge in [0.2, 0.25) is 0 Å². The predicted molar refractivity (Wildman–Crippen MR) is 43.3 cm³/mol. The highest BCUT2D eigenvalue weighted by Gasteiger charge is 2.23. The van der Waals surface area contributed by atoms with Crippen molar-refractivity contribution in [3.63, 3.8) is 0 Å². The lowest BCUT2D eigenvalue weighted by Gasteiger charge is -2.29. The molecular weight excluding hydrogens is 136 g/mol. The second-order valence-electron chi connectivity index (χ2n) is 2.21. The molecule has 1 aliphatic heterocycles. The van der Waals surface area contributed by atoms with E-state index in [1.54, 1.807) is 0 Å². The maximum absolute atomic E-state index is 2.34. The van der Waals surface area contributed by atoms with Crippen LogP contribution in [0.3, 0.4) is 0 Å². The van der Waals surface area contributed by atoms with Crippen molar-refractivity contribution in [2.75, 3.05) is 5.08 Å². The van der Waals surface area contributed by atoms with Crippen LogP contribution in [-0.4, -0.2) is 9.67 Å². The van der Waals surface area contributed by atoms with Gasteiger partial charge in [-0.2, -0.15) is 0 Å². The van der Waals surface area contributed by atoms with Crippen LogP contribution >= 0.6 is 23.5 Å². The van der Waals surface area contributed by atoms with Crippen LogP contribution in [0, 0.1) is 5.92 Å². The lowest BCUT2D eigenvalue weighted by molar-refractivity contribution is 0.612. The van der Waals surface area contributed by atoms with Crippen molar-refractivity contribution in [1.29, 1.82) is 0 Å². The van der Waals surface area contributed by atoms with Gasteiger partial charge in [0.1, 0.15) is 0 Å². The van der Waals surface area contributed by atoms with Gasteiger partial charge in [-0.05, 0) is 5.92 Å². The summed E-state index contributed by atoms with van der Waals surface area (Å²) in [5.74, 6) is 0.929. The minimum atomic E-state index is 0.929. The molecule has 0 aliphatic carbocycles. The van der Waals surface area contributed by atoms with E-state index in [1.807, 2.05) is 0 Å². The highest BCUT2D eigenvalue weighted by molar-refractivity contribution is 8.32. The fraction of sp³-hybridized carbons (Fsp3) is 1.00. The van der Waals surface area contributed by atoms with E-state index in [0.717, 1.165) is 10.5 Å². The van der Waals surface area contributed by atoms with Crippen LogP contribution in [0.2, 0.25) is 0 Å². The van der Waals surface area contributed by atoms with Gasteiger partial charge in [-0.25, -0.2) is 0 Å². The maximum atomic E-state index is 2.34. The molecule has 0 radical (unpaired) electrons. The summed E-state index contributed by atoms with van der Waals surface area (Å²) >= 11 is 4.20. The smallest absolute Gasteiger partial charge is 0.0544 e. The zero-order valence-corrected chi connectivity index (χ0v) is 7.02.